The quantitative estimate of drug-likeness (QED) is 0.614. The molecule has 9 heteroatoms. The van der Waals surface area contributed by atoms with Gasteiger partial charge in [0, 0.05) is 32.7 Å². The van der Waals surface area contributed by atoms with Gasteiger partial charge in [-0.1, -0.05) is 30.3 Å². The number of cyclic esters (lactones) is 1. The molecule has 2 N–H and O–H groups in total. The van der Waals surface area contributed by atoms with E-state index in [-0.39, 0.29) is 18.6 Å². The van der Waals surface area contributed by atoms with Crippen LogP contribution in [-0.4, -0.2) is 68.9 Å². The number of carbonyl (C=O) groups is 2. The molecule has 2 amide bonds. The van der Waals surface area contributed by atoms with Crippen molar-refractivity contribution in [2.75, 3.05) is 55.7 Å². The lowest BCUT2D eigenvalue weighted by Gasteiger charge is -2.36. The molecule has 0 aromatic heterocycles. The number of anilines is 2. The summed E-state index contributed by atoms with van der Waals surface area (Å²) in [5.41, 5.74) is 7.54. The molecule has 8 nitrogen and oxygen atoms in total. The molecule has 0 spiro atoms. The smallest absolute Gasteiger partial charge is 0.414 e. The van der Waals surface area contributed by atoms with Gasteiger partial charge in [-0.2, -0.15) is 0 Å². The maximum Gasteiger partial charge on any atom is 0.414 e. The van der Waals surface area contributed by atoms with Crippen LogP contribution in [0.2, 0.25) is 0 Å². The van der Waals surface area contributed by atoms with Crippen molar-refractivity contribution in [2.45, 2.75) is 19.1 Å². The highest BCUT2D eigenvalue weighted by Gasteiger charge is 2.32. The average molecular weight is 457 g/mol. The van der Waals surface area contributed by atoms with Crippen molar-refractivity contribution < 1.29 is 23.5 Å². The highest BCUT2D eigenvalue weighted by Crippen LogP contribution is 2.28. The molecule has 0 saturated carbocycles. The van der Waals surface area contributed by atoms with Crippen LogP contribution in [0.3, 0.4) is 0 Å². The zero-order chi connectivity index (χ0) is 23.2. The molecule has 2 heterocycles. The number of nitrogens with two attached hydrogens (primary N) is 1. The predicted octanol–water partition coefficient (Wildman–Crippen LogP) is 2.37. The Morgan fingerprint density at radius 2 is 1.88 bits per heavy atom. The van der Waals surface area contributed by atoms with E-state index in [1.54, 1.807) is 17.0 Å². The van der Waals surface area contributed by atoms with Crippen molar-refractivity contribution in [3.8, 4) is 0 Å². The molecule has 1 unspecified atom stereocenters. The Hall–Kier alpha value is -3.17. The molecule has 2 saturated heterocycles. The Morgan fingerprint density at radius 1 is 1.12 bits per heavy atom. The maximum absolute atomic E-state index is 14.9. The molecule has 0 radical (unpaired) electrons. The molecule has 0 aliphatic carbocycles. The van der Waals surface area contributed by atoms with Crippen LogP contribution >= 0.6 is 0 Å². The number of carbonyl (C=O) groups excluding carboxylic acids is 2. The summed E-state index contributed by atoms with van der Waals surface area (Å²) in [7, 11) is 0. The topological polar surface area (TPSA) is 88.3 Å². The molecule has 2 aliphatic rings. The monoisotopic (exact) mass is 456 g/mol. The van der Waals surface area contributed by atoms with E-state index in [9.17, 15) is 14.0 Å². The number of rotatable bonds is 8. The summed E-state index contributed by atoms with van der Waals surface area (Å²) in [4.78, 5) is 29.6. The molecule has 2 fully saturated rings. The zero-order valence-electron chi connectivity index (χ0n) is 18.5. The van der Waals surface area contributed by atoms with E-state index in [4.69, 9.17) is 15.2 Å². The first-order chi connectivity index (χ1) is 16.0. The average Bonchev–Trinajstić information content (AvgIpc) is 3.23. The van der Waals surface area contributed by atoms with Gasteiger partial charge in [0.15, 0.2) is 0 Å². The van der Waals surface area contributed by atoms with Gasteiger partial charge in [-0.15, -0.1) is 0 Å². The number of halogens is 1. The third kappa shape index (κ3) is 5.61. The van der Waals surface area contributed by atoms with Crippen molar-refractivity contribution in [1.29, 1.82) is 0 Å². The van der Waals surface area contributed by atoms with Crippen molar-refractivity contribution in [1.82, 2.24) is 4.90 Å². The summed E-state index contributed by atoms with van der Waals surface area (Å²) in [6.07, 6.45) is -0.571. The van der Waals surface area contributed by atoms with Crippen LogP contribution in [0, 0.1) is 5.82 Å². The first-order valence-corrected chi connectivity index (χ1v) is 11.2. The minimum Gasteiger partial charge on any atom is -0.443 e. The zero-order valence-corrected chi connectivity index (χ0v) is 18.5. The van der Waals surface area contributed by atoms with Gasteiger partial charge in [0.1, 0.15) is 11.9 Å². The number of hydrogen-bond donors (Lipinski definition) is 1. The van der Waals surface area contributed by atoms with Crippen LogP contribution in [0.25, 0.3) is 0 Å². The molecular formula is C24H29FN4O4. The predicted molar refractivity (Wildman–Crippen MR) is 123 cm³/mol. The second-order valence-corrected chi connectivity index (χ2v) is 8.14. The molecule has 1 atom stereocenters. The fourth-order valence-corrected chi connectivity index (χ4v) is 4.05. The Labute approximate surface area is 192 Å². The number of benzene rings is 2. The van der Waals surface area contributed by atoms with Crippen molar-refractivity contribution >= 4 is 23.4 Å². The number of hydrogen-bond acceptors (Lipinski definition) is 6. The molecule has 2 aliphatic heterocycles. The largest absolute Gasteiger partial charge is 0.443 e. The minimum absolute atomic E-state index is 0.0422. The van der Waals surface area contributed by atoms with E-state index in [1.165, 1.54) is 11.0 Å². The third-order valence-corrected chi connectivity index (χ3v) is 5.92. The van der Waals surface area contributed by atoms with Gasteiger partial charge in [-0.05, 0) is 23.8 Å². The highest BCUT2D eigenvalue weighted by atomic mass is 19.1. The summed E-state index contributed by atoms with van der Waals surface area (Å²) >= 11 is 0. The van der Waals surface area contributed by atoms with Crippen LogP contribution in [0.5, 0.6) is 0 Å². The molecule has 2 aromatic rings. The van der Waals surface area contributed by atoms with Crippen LogP contribution in [0.4, 0.5) is 20.6 Å². The molecule has 176 valence electrons. The maximum atomic E-state index is 14.9. The Kier molecular flexibility index (Phi) is 7.41. The van der Waals surface area contributed by atoms with Crippen LogP contribution < -0.4 is 15.5 Å². The van der Waals surface area contributed by atoms with E-state index >= 15 is 0 Å². The second-order valence-electron chi connectivity index (χ2n) is 8.14. The SMILES string of the molecule is NCC1CN(c2ccc(N3CCN(C(=O)CCOCc4ccccc4)CC3)c(F)c2)C(=O)O1. The van der Waals surface area contributed by atoms with Gasteiger partial charge in [0.25, 0.3) is 0 Å². The fourth-order valence-electron chi connectivity index (χ4n) is 4.05. The van der Waals surface area contributed by atoms with E-state index < -0.39 is 11.9 Å². The molecule has 0 bridgehead atoms. The van der Waals surface area contributed by atoms with Gasteiger partial charge in [-0.3, -0.25) is 9.69 Å². The summed E-state index contributed by atoms with van der Waals surface area (Å²) in [5, 5.41) is 0. The standard InChI is InChI=1S/C24H29FN4O4/c25-21-14-19(29-16-20(15-26)33-24(29)31)6-7-22(21)27-9-11-28(12-10-27)23(30)8-13-32-17-18-4-2-1-3-5-18/h1-7,14,20H,8-13,15-17,26H2. The fraction of sp³-hybridized carbons (Fsp3) is 0.417. The van der Waals surface area contributed by atoms with Crippen molar-refractivity contribution in [3.05, 3.63) is 59.9 Å². The van der Waals surface area contributed by atoms with E-state index in [0.717, 1.165) is 5.56 Å². The summed E-state index contributed by atoms with van der Waals surface area (Å²) in [5.74, 6) is -0.369. The van der Waals surface area contributed by atoms with Gasteiger partial charge in [0.2, 0.25) is 5.91 Å². The lowest BCUT2D eigenvalue weighted by Crippen LogP contribution is -2.49. The lowest BCUT2D eigenvalue weighted by atomic mass is 10.2. The summed E-state index contributed by atoms with van der Waals surface area (Å²) in [6.45, 7) is 3.51. The van der Waals surface area contributed by atoms with Gasteiger partial charge in [0.05, 0.1) is 37.6 Å². The van der Waals surface area contributed by atoms with Crippen LogP contribution in [0.15, 0.2) is 48.5 Å². The first kappa shape index (κ1) is 23.0. The number of amides is 2. The lowest BCUT2D eigenvalue weighted by molar-refractivity contribution is -0.132. The third-order valence-electron chi connectivity index (χ3n) is 5.92. The Balaban J connectivity index is 1.24. The minimum atomic E-state index is -0.516. The van der Waals surface area contributed by atoms with Gasteiger partial charge in [-0.25, -0.2) is 9.18 Å². The molecule has 4 rings (SSSR count). The number of piperazine rings is 1. The summed E-state index contributed by atoms with van der Waals surface area (Å²) in [6, 6.07) is 14.6. The van der Waals surface area contributed by atoms with Crippen molar-refractivity contribution in [3.63, 3.8) is 0 Å². The van der Waals surface area contributed by atoms with Crippen molar-refractivity contribution in [2.24, 2.45) is 5.73 Å². The van der Waals surface area contributed by atoms with Crippen LogP contribution in [0.1, 0.15) is 12.0 Å². The Morgan fingerprint density at radius 3 is 2.55 bits per heavy atom. The normalized spacial score (nSPS) is 18.5. The van der Waals surface area contributed by atoms with E-state index in [2.05, 4.69) is 0 Å². The molecule has 2 aromatic carbocycles. The second kappa shape index (κ2) is 10.6. The van der Waals surface area contributed by atoms with Gasteiger partial charge >= 0.3 is 6.09 Å². The van der Waals surface area contributed by atoms with E-state index in [1.807, 2.05) is 35.2 Å². The van der Waals surface area contributed by atoms with Crippen LogP contribution in [-0.2, 0) is 20.9 Å². The highest BCUT2D eigenvalue weighted by molar-refractivity contribution is 5.90. The molecule has 33 heavy (non-hydrogen) atoms. The van der Waals surface area contributed by atoms with E-state index in [0.29, 0.717) is 63.7 Å². The first-order valence-electron chi connectivity index (χ1n) is 11.2. The number of ether oxygens (including phenoxy) is 2. The van der Waals surface area contributed by atoms with Gasteiger partial charge < -0.3 is 25.0 Å². The molecular weight excluding hydrogens is 427 g/mol. The Bertz CT molecular complexity index is 966. The summed E-state index contributed by atoms with van der Waals surface area (Å²) < 4.78 is 25.6. The number of nitrogens with zero attached hydrogens (tertiary/aromatic N) is 3.